The normalized spacial score (nSPS) is 16.8. The van der Waals surface area contributed by atoms with Crippen LogP contribution in [0.15, 0.2) is 27.8 Å². The molecule has 0 bridgehead atoms. The van der Waals surface area contributed by atoms with Gasteiger partial charge in [-0.1, -0.05) is 6.42 Å². The summed E-state index contributed by atoms with van der Waals surface area (Å²) in [6.45, 7) is 9.90. The highest BCUT2D eigenvalue weighted by Crippen LogP contribution is 2.24. The first kappa shape index (κ1) is 24.7. The van der Waals surface area contributed by atoms with Crippen LogP contribution >= 0.6 is 24.0 Å². The van der Waals surface area contributed by atoms with Crippen molar-refractivity contribution in [3.8, 4) is 0 Å². The van der Waals surface area contributed by atoms with Crippen LogP contribution in [-0.4, -0.2) is 56.5 Å². The van der Waals surface area contributed by atoms with E-state index in [9.17, 15) is 4.79 Å². The van der Waals surface area contributed by atoms with Crippen molar-refractivity contribution in [1.82, 2.24) is 20.9 Å². The zero-order valence-electron chi connectivity index (χ0n) is 17.6. The maximum Gasteiger partial charge on any atom is 0.227 e. The number of amides is 1. The molecule has 0 aromatic carbocycles. The summed E-state index contributed by atoms with van der Waals surface area (Å²) in [5, 5.41) is 9.42. The molecule has 1 aromatic rings. The highest BCUT2D eigenvalue weighted by Gasteiger charge is 2.27. The third-order valence-electron chi connectivity index (χ3n) is 4.98. The third-order valence-corrected chi connectivity index (χ3v) is 4.98. The van der Waals surface area contributed by atoms with E-state index in [1.54, 1.807) is 13.3 Å². The van der Waals surface area contributed by atoms with Crippen LogP contribution in [-0.2, 0) is 4.79 Å². The number of nitrogens with one attached hydrogen (secondary N) is 3. The molecule has 1 aliphatic rings. The fraction of sp³-hybridized carbons (Fsp3) is 0.700. The quantitative estimate of drug-likeness (QED) is 0.288. The lowest BCUT2D eigenvalue weighted by molar-refractivity contribution is -0.128. The van der Waals surface area contributed by atoms with Crippen molar-refractivity contribution in [3.05, 3.63) is 24.2 Å². The molecule has 7 nitrogen and oxygen atoms in total. The number of guanidine groups is 1. The van der Waals surface area contributed by atoms with Crippen molar-refractivity contribution in [2.24, 2.45) is 10.4 Å². The van der Waals surface area contributed by atoms with Gasteiger partial charge in [-0.25, -0.2) is 0 Å². The third kappa shape index (κ3) is 7.27. The minimum Gasteiger partial charge on any atom is -0.468 e. The molecule has 1 saturated heterocycles. The van der Waals surface area contributed by atoms with Crippen molar-refractivity contribution in [2.75, 3.05) is 39.8 Å². The lowest BCUT2D eigenvalue weighted by atomic mass is 9.93. The summed E-state index contributed by atoms with van der Waals surface area (Å²) in [7, 11) is 1.66. The van der Waals surface area contributed by atoms with Crippen LogP contribution in [0, 0.1) is 5.41 Å². The van der Waals surface area contributed by atoms with E-state index in [4.69, 9.17) is 4.42 Å². The van der Waals surface area contributed by atoms with E-state index < -0.39 is 5.41 Å². The van der Waals surface area contributed by atoms with Crippen molar-refractivity contribution >= 4 is 35.8 Å². The Morgan fingerprint density at radius 3 is 2.57 bits per heavy atom. The molecule has 8 heteroatoms. The largest absolute Gasteiger partial charge is 0.468 e. The molecule has 28 heavy (non-hydrogen) atoms. The average molecular weight is 505 g/mol. The number of piperidine rings is 1. The standard InChI is InChI=1S/C20H35N5O2.HI/c1-5-22-19(24-15-20(2,3)18(26)21-4)23-14-16(17-10-9-13-27-17)25-11-7-6-8-12-25;/h9-10,13,16H,5-8,11-12,14-15H2,1-4H3,(H,21,26)(H2,22,23,24);1H. The number of carbonyl (C=O) groups excluding carboxylic acids is 1. The predicted molar refractivity (Wildman–Crippen MR) is 124 cm³/mol. The Hall–Kier alpha value is -1.29. The summed E-state index contributed by atoms with van der Waals surface area (Å²) in [5.41, 5.74) is -0.551. The molecule has 1 fully saturated rings. The van der Waals surface area contributed by atoms with Gasteiger partial charge >= 0.3 is 0 Å². The van der Waals surface area contributed by atoms with Crippen molar-refractivity contribution in [1.29, 1.82) is 0 Å². The van der Waals surface area contributed by atoms with Gasteiger partial charge in [0.2, 0.25) is 5.91 Å². The highest BCUT2D eigenvalue weighted by atomic mass is 127. The number of rotatable bonds is 8. The van der Waals surface area contributed by atoms with E-state index in [2.05, 4.69) is 25.8 Å². The summed E-state index contributed by atoms with van der Waals surface area (Å²) >= 11 is 0. The minimum absolute atomic E-state index is 0. The SMILES string of the molecule is CCNC(=NCC(C)(C)C(=O)NC)NCC(c1ccco1)N1CCCCC1.I. The summed E-state index contributed by atoms with van der Waals surface area (Å²) in [6.07, 6.45) is 5.49. The average Bonchev–Trinajstić information content (AvgIpc) is 3.20. The van der Waals surface area contributed by atoms with E-state index >= 15 is 0 Å². The smallest absolute Gasteiger partial charge is 0.227 e. The van der Waals surface area contributed by atoms with Crippen LogP contribution in [0.1, 0.15) is 51.8 Å². The van der Waals surface area contributed by atoms with Crippen molar-refractivity contribution in [2.45, 2.75) is 46.1 Å². The second-order valence-corrected chi connectivity index (χ2v) is 7.67. The van der Waals surface area contributed by atoms with E-state index in [-0.39, 0.29) is 35.9 Å². The molecule has 1 aromatic heterocycles. The molecular weight excluding hydrogens is 469 g/mol. The molecule has 1 unspecified atom stereocenters. The van der Waals surface area contributed by atoms with Crippen LogP contribution in [0.25, 0.3) is 0 Å². The first-order chi connectivity index (χ1) is 13.0. The van der Waals surface area contributed by atoms with E-state index in [1.165, 1.54) is 19.3 Å². The molecule has 1 aliphatic heterocycles. The van der Waals surface area contributed by atoms with Crippen LogP contribution < -0.4 is 16.0 Å². The molecule has 3 N–H and O–H groups in total. The number of hydrogen-bond donors (Lipinski definition) is 3. The molecule has 2 heterocycles. The Labute approximate surface area is 186 Å². The number of halogens is 1. The summed E-state index contributed by atoms with van der Waals surface area (Å²) in [5.74, 6) is 1.69. The number of furan rings is 1. The van der Waals surface area contributed by atoms with Crippen molar-refractivity contribution < 1.29 is 9.21 Å². The number of carbonyl (C=O) groups is 1. The molecule has 160 valence electrons. The topological polar surface area (TPSA) is 81.9 Å². The summed E-state index contributed by atoms with van der Waals surface area (Å²) in [6, 6.07) is 4.16. The van der Waals surface area contributed by atoms with E-state index in [0.29, 0.717) is 13.1 Å². The Morgan fingerprint density at radius 1 is 1.29 bits per heavy atom. The molecule has 2 rings (SSSR count). The minimum atomic E-state index is -0.551. The fourth-order valence-electron chi connectivity index (χ4n) is 3.34. The van der Waals surface area contributed by atoms with Gasteiger partial charge in [-0.3, -0.25) is 14.7 Å². The first-order valence-electron chi connectivity index (χ1n) is 9.99. The van der Waals surface area contributed by atoms with Gasteiger partial charge in [0.25, 0.3) is 0 Å². The lowest BCUT2D eigenvalue weighted by Crippen LogP contribution is -2.45. The Bertz CT molecular complexity index is 598. The second-order valence-electron chi connectivity index (χ2n) is 7.67. The Balaban J connectivity index is 0.00000392. The van der Waals surface area contributed by atoms with Gasteiger partial charge in [0.05, 0.1) is 24.3 Å². The number of aliphatic imine (C=N–C) groups is 1. The van der Waals surface area contributed by atoms with Crippen molar-refractivity contribution in [3.63, 3.8) is 0 Å². The molecular formula is C20H36IN5O2. The molecule has 0 aliphatic carbocycles. The number of nitrogens with zero attached hydrogens (tertiary/aromatic N) is 2. The highest BCUT2D eigenvalue weighted by molar-refractivity contribution is 14.0. The van der Waals surface area contributed by atoms with Crippen LogP contribution in [0.4, 0.5) is 0 Å². The van der Waals surface area contributed by atoms with E-state index in [0.717, 1.165) is 31.4 Å². The first-order valence-corrected chi connectivity index (χ1v) is 9.99. The molecule has 0 radical (unpaired) electrons. The van der Waals surface area contributed by atoms with Gasteiger partial charge in [0, 0.05) is 20.1 Å². The molecule has 0 saturated carbocycles. The molecule has 1 amide bonds. The van der Waals surface area contributed by atoms with Gasteiger partial charge in [-0.2, -0.15) is 0 Å². The van der Waals surface area contributed by atoms with Crippen LogP contribution in [0.3, 0.4) is 0 Å². The maximum absolute atomic E-state index is 12.0. The van der Waals surface area contributed by atoms with Gasteiger partial charge in [0.15, 0.2) is 5.96 Å². The summed E-state index contributed by atoms with van der Waals surface area (Å²) in [4.78, 5) is 19.1. The second kappa shape index (κ2) is 12.3. The molecule has 1 atom stereocenters. The number of likely N-dealkylation sites (tertiary alicyclic amines) is 1. The Morgan fingerprint density at radius 2 is 2.00 bits per heavy atom. The molecule has 0 spiro atoms. The van der Waals surface area contributed by atoms with Crippen LogP contribution in [0.5, 0.6) is 0 Å². The van der Waals surface area contributed by atoms with Gasteiger partial charge in [0.1, 0.15) is 5.76 Å². The maximum atomic E-state index is 12.0. The number of hydrogen-bond acceptors (Lipinski definition) is 4. The zero-order chi connectivity index (χ0) is 19.7. The van der Waals surface area contributed by atoms with Gasteiger partial charge in [-0.15, -0.1) is 24.0 Å². The fourth-order valence-corrected chi connectivity index (χ4v) is 3.34. The van der Waals surface area contributed by atoms with Gasteiger partial charge < -0.3 is 20.4 Å². The zero-order valence-corrected chi connectivity index (χ0v) is 19.9. The lowest BCUT2D eigenvalue weighted by Gasteiger charge is -2.33. The Kier molecular flexibility index (Phi) is 10.9. The van der Waals surface area contributed by atoms with Gasteiger partial charge in [-0.05, 0) is 58.8 Å². The monoisotopic (exact) mass is 505 g/mol. The van der Waals surface area contributed by atoms with E-state index in [1.807, 2.05) is 32.9 Å². The van der Waals surface area contributed by atoms with Crippen LogP contribution in [0.2, 0.25) is 0 Å². The predicted octanol–water partition coefficient (Wildman–Crippen LogP) is 2.75. The summed E-state index contributed by atoms with van der Waals surface area (Å²) < 4.78 is 5.71.